The zero-order valence-corrected chi connectivity index (χ0v) is 10.5. The zero-order chi connectivity index (χ0) is 12.7. The molecule has 0 spiro atoms. The Bertz CT molecular complexity index is 377. The molecule has 0 radical (unpaired) electrons. The first-order valence-electron chi connectivity index (χ1n) is 5.47. The number of benzene rings is 1. The van der Waals surface area contributed by atoms with E-state index in [2.05, 4.69) is 0 Å². The van der Waals surface area contributed by atoms with Crippen LogP contribution in [0.25, 0.3) is 0 Å². The Kier molecular flexibility index (Phi) is 4.91. The molecule has 0 amide bonds. The monoisotopic (exact) mass is 234 g/mol. The van der Waals surface area contributed by atoms with Gasteiger partial charge in [0.2, 0.25) is 0 Å². The van der Waals surface area contributed by atoms with E-state index in [1.165, 1.54) is 6.08 Å². The molecule has 1 aromatic carbocycles. The lowest BCUT2D eigenvalue weighted by atomic mass is 10.1. The van der Waals surface area contributed by atoms with Crippen LogP contribution in [-0.4, -0.2) is 19.0 Å². The number of aldehydes is 1. The van der Waals surface area contributed by atoms with Gasteiger partial charge >= 0.3 is 0 Å². The van der Waals surface area contributed by atoms with Gasteiger partial charge in [-0.1, -0.05) is 18.2 Å². The fourth-order valence-electron chi connectivity index (χ4n) is 1.31. The second-order valence-corrected chi connectivity index (χ2v) is 4.24. The molecule has 0 saturated carbocycles. The average molecular weight is 234 g/mol. The Balaban J connectivity index is 2.54. The molecule has 0 aliphatic carbocycles. The standard InChI is InChI=1S/C14H18O3/c1-14(2,9-4-10-15)17-11-12-5-7-13(16-3)8-6-12/h4-10H,11H2,1-3H3/b9-4+. The molecular weight excluding hydrogens is 216 g/mol. The van der Waals surface area contributed by atoms with Crippen molar-refractivity contribution in [3.8, 4) is 5.75 Å². The van der Waals surface area contributed by atoms with Crippen molar-refractivity contribution in [3.05, 3.63) is 42.0 Å². The van der Waals surface area contributed by atoms with Gasteiger partial charge in [0.15, 0.2) is 0 Å². The third kappa shape index (κ3) is 4.83. The lowest BCUT2D eigenvalue weighted by Crippen LogP contribution is -2.20. The maximum atomic E-state index is 10.2. The Morgan fingerprint density at radius 1 is 1.24 bits per heavy atom. The predicted molar refractivity (Wildman–Crippen MR) is 67.1 cm³/mol. The van der Waals surface area contributed by atoms with Crippen molar-refractivity contribution in [1.82, 2.24) is 0 Å². The summed E-state index contributed by atoms with van der Waals surface area (Å²) in [5, 5.41) is 0. The van der Waals surface area contributed by atoms with Gasteiger partial charge in [-0.3, -0.25) is 4.79 Å². The Labute approximate surface area is 102 Å². The van der Waals surface area contributed by atoms with Gasteiger partial charge in [-0.05, 0) is 37.6 Å². The van der Waals surface area contributed by atoms with Gasteiger partial charge in [-0.15, -0.1) is 0 Å². The van der Waals surface area contributed by atoms with Crippen LogP contribution in [0.4, 0.5) is 0 Å². The van der Waals surface area contributed by atoms with E-state index in [1.807, 2.05) is 38.1 Å². The van der Waals surface area contributed by atoms with E-state index in [0.29, 0.717) is 6.61 Å². The molecule has 0 heterocycles. The molecule has 0 saturated heterocycles. The van der Waals surface area contributed by atoms with Crippen molar-refractivity contribution < 1.29 is 14.3 Å². The molecule has 1 aromatic rings. The van der Waals surface area contributed by atoms with Crippen molar-refractivity contribution in [2.75, 3.05) is 7.11 Å². The summed E-state index contributed by atoms with van der Waals surface area (Å²) in [4.78, 5) is 10.2. The van der Waals surface area contributed by atoms with Crippen LogP contribution in [0.5, 0.6) is 5.75 Å². The van der Waals surface area contributed by atoms with Crippen molar-refractivity contribution >= 4 is 6.29 Å². The molecule has 0 bridgehead atoms. The highest BCUT2D eigenvalue weighted by Crippen LogP contribution is 2.16. The van der Waals surface area contributed by atoms with Gasteiger partial charge in [-0.2, -0.15) is 0 Å². The minimum Gasteiger partial charge on any atom is -0.497 e. The summed E-state index contributed by atoms with van der Waals surface area (Å²) in [7, 11) is 1.64. The van der Waals surface area contributed by atoms with E-state index in [-0.39, 0.29) is 0 Å². The fourth-order valence-corrected chi connectivity index (χ4v) is 1.31. The summed E-state index contributed by atoms with van der Waals surface area (Å²) in [5.74, 6) is 0.828. The summed E-state index contributed by atoms with van der Waals surface area (Å²) in [5.41, 5.74) is 0.624. The molecule has 17 heavy (non-hydrogen) atoms. The van der Waals surface area contributed by atoms with Crippen molar-refractivity contribution in [2.24, 2.45) is 0 Å². The maximum Gasteiger partial charge on any atom is 0.142 e. The highest BCUT2D eigenvalue weighted by molar-refractivity contribution is 5.64. The van der Waals surface area contributed by atoms with Crippen molar-refractivity contribution in [2.45, 2.75) is 26.1 Å². The van der Waals surface area contributed by atoms with Crippen LogP contribution in [0, 0.1) is 0 Å². The maximum absolute atomic E-state index is 10.2. The molecule has 0 fully saturated rings. The molecule has 0 aliphatic heterocycles. The van der Waals surface area contributed by atoms with E-state index in [1.54, 1.807) is 13.2 Å². The second kappa shape index (κ2) is 6.21. The normalized spacial score (nSPS) is 11.7. The topological polar surface area (TPSA) is 35.5 Å². The van der Waals surface area contributed by atoms with Crippen molar-refractivity contribution in [3.63, 3.8) is 0 Å². The van der Waals surface area contributed by atoms with Gasteiger partial charge < -0.3 is 9.47 Å². The molecular formula is C14H18O3. The summed E-state index contributed by atoms with van der Waals surface area (Å²) >= 11 is 0. The lowest BCUT2D eigenvalue weighted by molar-refractivity contribution is -0.104. The number of carbonyl (C=O) groups is 1. The minimum absolute atomic E-state index is 0.444. The Morgan fingerprint density at radius 3 is 2.41 bits per heavy atom. The van der Waals surface area contributed by atoms with E-state index >= 15 is 0 Å². The number of hydrogen-bond donors (Lipinski definition) is 0. The third-order valence-electron chi connectivity index (χ3n) is 2.35. The summed E-state index contributed by atoms with van der Waals surface area (Å²) in [6, 6.07) is 7.70. The summed E-state index contributed by atoms with van der Waals surface area (Å²) < 4.78 is 10.8. The molecule has 3 heteroatoms. The predicted octanol–water partition coefficient (Wildman–Crippen LogP) is 2.75. The average Bonchev–Trinajstić information content (AvgIpc) is 2.35. The second-order valence-electron chi connectivity index (χ2n) is 4.24. The molecule has 3 nitrogen and oxygen atoms in total. The summed E-state index contributed by atoms with van der Waals surface area (Å²) in [6.45, 7) is 4.33. The number of carbonyl (C=O) groups excluding carboxylic acids is 1. The van der Waals surface area contributed by atoms with E-state index in [0.717, 1.165) is 17.6 Å². The smallest absolute Gasteiger partial charge is 0.142 e. The van der Waals surface area contributed by atoms with Gasteiger partial charge in [0.05, 0.1) is 19.3 Å². The largest absolute Gasteiger partial charge is 0.497 e. The Morgan fingerprint density at radius 2 is 1.88 bits per heavy atom. The van der Waals surface area contributed by atoms with Gasteiger partial charge in [0.1, 0.15) is 12.0 Å². The fraction of sp³-hybridized carbons (Fsp3) is 0.357. The van der Waals surface area contributed by atoms with E-state index < -0.39 is 5.60 Å². The van der Waals surface area contributed by atoms with Crippen LogP contribution >= 0.6 is 0 Å². The van der Waals surface area contributed by atoms with Crippen LogP contribution < -0.4 is 4.74 Å². The molecule has 0 aromatic heterocycles. The van der Waals surface area contributed by atoms with Crippen LogP contribution in [0.3, 0.4) is 0 Å². The first kappa shape index (κ1) is 13.5. The van der Waals surface area contributed by atoms with Gasteiger partial charge in [-0.25, -0.2) is 0 Å². The number of ether oxygens (including phenoxy) is 2. The van der Waals surface area contributed by atoms with E-state index in [9.17, 15) is 4.79 Å². The zero-order valence-electron chi connectivity index (χ0n) is 10.5. The SMILES string of the molecule is COc1ccc(COC(C)(C)/C=C/C=O)cc1. The van der Waals surface area contributed by atoms with Crippen molar-refractivity contribution in [1.29, 1.82) is 0 Å². The molecule has 0 unspecified atom stereocenters. The Hall–Kier alpha value is -1.61. The highest BCUT2D eigenvalue weighted by Gasteiger charge is 2.13. The van der Waals surface area contributed by atoms with Crippen LogP contribution in [0.1, 0.15) is 19.4 Å². The minimum atomic E-state index is -0.444. The molecule has 1 rings (SSSR count). The van der Waals surface area contributed by atoms with Crippen LogP contribution in [-0.2, 0) is 16.1 Å². The number of rotatable bonds is 6. The quantitative estimate of drug-likeness (QED) is 0.561. The molecule has 92 valence electrons. The number of hydrogen-bond acceptors (Lipinski definition) is 3. The summed E-state index contributed by atoms with van der Waals surface area (Å²) in [6.07, 6.45) is 3.94. The first-order chi connectivity index (χ1) is 8.07. The number of allylic oxidation sites excluding steroid dienone is 1. The van der Waals surface area contributed by atoms with E-state index in [4.69, 9.17) is 9.47 Å². The lowest BCUT2D eigenvalue weighted by Gasteiger charge is -2.21. The van der Waals surface area contributed by atoms with Crippen LogP contribution in [0.2, 0.25) is 0 Å². The van der Waals surface area contributed by atoms with Gasteiger partial charge in [0, 0.05) is 0 Å². The molecule has 0 N–H and O–H groups in total. The number of methoxy groups -OCH3 is 1. The van der Waals surface area contributed by atoms with Crippen LogP contribution in [0.15, 0.2) is 36.4 Å². The first-order valence-corrected chi connectivity index (χ1v) is 5.47. The third-order valence-corrected chi connectivity index (χ3v) is 2.35. The van der Waals surface area contributed by atoms with Gasteiger partial charge in [0.25, 0.3) is 0 Å². The molecule has 0 aliphatic rings. The molecule has 0 atom stereocenters. The highest BCUT2D eigenvalue weighted by atomic mass is 16.5.